The molecule has 2 unspecified atom stereocenters. The molecule has 2 atom stereocenters. The monoisotopic (exact) mass is 156 g/mol. The molecule has 64 valence electrons. The molecule has 11 heavy (non-hydrogen) atoms. The van der Waals surface area contributed by atoms with Gasteiger partial charge in [-0.3, -0.25) is 4.79 Å². The molecule has 0 bridgehead atoms. The van der Waals surface area contributed by atoms with Gasteiger partial charge >= 0.3 is 0 Å². The van der Waals surface area contributed by atoms with Crippen molar-refractivity contribution in [2.45, 2.75) is 33.3 Å². The second-order valence-corrected chi connectivity index (χ2v) is 3.61. The van der Waals surface area contributed by atoms with Crippen LogP contribution in [-0.4, -0.2) is 18.5 Å². The first-order valence-electron chi connectivity index (χ1n) is 4.28. The summed E-state index contributed by atoms with van der Waals surface area (Å²) in [7, 11) is 0. The summed E-state index contributed by atoms with van der Waals surface area (Å²) < 4.78 is 5.34. The highest BCUT2D eigenvalue weighted by Crippen LogP contribution is 2.22. The second kappa shape index (κ2) is 3.35. The van der Waals surface area contributed by atoms with Gasteiger partial charge in [0.25, 0.3) is 0 Å². The standard InChI is InChI=1S/C9H16O2/c1-6(2)8(10)9-7(3)4-5-11-9/h6-7,9H,4-5H2,1-3H3. The molecule has 0 aromatic carbocycles. The quantitative estimate of drug-likeness (QED) is 0.607. The molecule has 2 heteroatoms. The maximum atomic E-state index is 11.4. The van der Waals surface area contributed by atoms with Crippen molar-refractivity contribution < 1.29 is 9.53 Å². The van der Waals surface area contributed by atoms with E-state index in [9.17, 15) is 4.79 Å². The molecule has 0 aliphatic carbocycles. The molecule has 1 heterocycles. The lowest BCUT2D eigenvalue weighted by atomic mass is 9.94. The fourth-order valence-electron chi connectivity index (χ4n) is 1.39. The molecule has 1 rings (SSSR count). The van der Waals surface area contributed by atoms with Gasteiger partial charge < -0.3 is 4.74 Å². The van der Waals surface area contributed by atoms with E-state index in [1.807, 2.05) is 13.8 Å². The Kier molecular flexibility index (Phi) is 2.66. The maximum Gasteiger partial charge on any atom is 0.164 e. The van der Waals surface area contributed by atoms with E-state index in [1.165, 1.54) is 0 Å². The summed E-state index contributed by atoms with van der Waals surface area (Å²) in [5, 5.41) is 0. The van der Waals surface area contributed by atoms with Gasteiger partial charge in [-0.1, -0.05) is 20.8 Å². The summed E-state index contributed by atoms with van der Waals surface area (Å²) in [6.45, 7) is 6.69. The Balaban J connectivity index is 2.53. The van der Waals surface area contributed by atoms with Crippen LogP contribution < -0.4 is 0 Å². The third-order valence-electron chi connectivity index (χ3n) is 2.24. The lowest BCUT2D eigenvalue weighted by Gasteiger charge is -2.14. The Morgan fingerprint density at radius 3 is 2.55 bits per heavy atom. The van der Waals surface area contributed by atoms with Crippen molar-refractivity contribution in [2.24, 2.45) is 11.8 Å². The second-order valence-electron chi connectivity index (χ2n) is 3.61. The van der Waals surface area contributed by atoms with E-state index >= 15 is 0 Å². The van der Waals surface area contributed by atoms with Gasteiger partial charge in [-0.05, 0) is 12.3 Å². The third kappa shape index (κ3) is 1.80. The smallest absolute Gasteiger partial charge is 0.164 e. The van der Waals surface area contributed by atoms with E-state index < -0.39 is 0 Å². The van der Waals surface area contributed by atoms with E-state index in [1.54, 1.807) is 0 Å². The summed E-state index contributed by atoms with van der Waals surface area (Å²) in [5.74, 6) is 0.792. The van der Waals surface area contributed by atoms with Crippen LogP contribution in [0.2, 0.25) is 0 Å². The first-order chi connectivity index (χ1) is 5.13. The average molecular weight is 156 g/mol. The van der Waals surface area contributed by atoms with Crippen LogP contribution in [0.1, 0.15) is 27.2 Å². The number of carbonyl (C=O) groups is 1. The Morgan fingerprint density at radius 2 is 2.18 bits per heavy atom. The van der Waals surface area contributed by atoms with Crippen LogP contribution in [0.5, 0.6) is 0 Å². The van der Waals surface area contributed by atoms with Gasteiger partial charge in [0.1, 0.15) is 6.10 Å². The summed E-state index contributed by atoms with van der Waals surface area (Å²) in [5.41, 5.74) is 0. The molecule has 0 amide bonds. The topological polar surface area (TPSA) is 26.3 Å². The minimum absolute atomic E-state index is 0.112. The molecule has 0 spiro atoms. The van der Waals surface area contributed by atoms with Crippen LogP contribution in [0.25, 0.3) is 0 Å². The van der Waals surface area contributed by atoms with Gasteiger partial charge in [0, 0.05) is 12.5 Å². The molecule has 1 saturated heterocycles. The van der Waals surface area contributed by atoms with Crippen LogP contribution in [0, 0.1) is 11.8 Å². The highest BCUT2D eigenvalue weighted by Gasteiger charge is 2.31. The first kappa shape index (κ1) is 8.72. The van der Waals surface area contributed by atoms with Gasteiger partial charge in [0.05, 0.1) is 0 Å². The molecule has 0 aromatic rings. The average Bonchev–Trinajstić information content (AvgIpc) is 2.33. The largest absolute Gasteiger partial charge is 0.370 e. The molecule has 0 saturated carbocycles. The predicted molar refractivity (Wildman–Crippen MR) is 43.4 cm³/mol. The molecule has 0 N–H and O–H groups in total. The van der Waals surface area contributed by atoms with Crippen LogP contribution in [0.15, 0.2) is 0 Å². The van der Waals surface area contributed by atoms with Crippen molar-refractivity contribution in [2.75, 3.05) is 6.61 Å². The van der Waals surface area contributed by atoms with Crippen molar-refractivity contribution in [1.82, 2.24) is 0 Å². The van der Waals surface area contributed by atoms with E-state index in [0.717, 1.165) is 13.0 Å². The lowest BCUT2D eigenvalue weighted by molar-refractivity contribution is -0.132. The van der Waals surface area contributed by atoms with Gasteiger partial charge in [-0.2, -0.15) is 0 Å². The first-order valence-corrected chi connectivity index (χ1v) is 4.28. The summed E-state index contributed by atoms with van der Waals surface area (Å²) in [6.07, 6.45) is 0.915. The summed E-state index contributed by atoms with van der Waals surface area (Å²) in [6, 6.07) is 0. The van der Waals surface area contributed by atoms with Crippen molar-refractivity contribution in [3.8, 4) is 0 Å². The molecular weight excluding hydrogens is 140 g/mol. The molecule has 1 aliphatic rings. The summed E-state index contributed by atoms with van der Waals surface area (Å²) in [4.78, 5) is 11.4. The van der Waals surface area contributed by atoms with Crippen LogP contribution in [0.4, 0.5) is 0 Å². The van der Waals surface area contributed by atoms with Gasteiger partial charge in [0.2, 0.25) is 0 Å². The number of rotatable bonds is 2. The van der Waals surface area contributed by atoms with Crippen molar-refractivity contribution >= 4 is 5.78 Å². The predicted octanol–water partition coefficient (Wildman–Crippen LogP) is 1.64. The van der Waals surface area contributed by atoms with Crippen molar-refractivity contribution in [3.63, 3.8) is 0 Å². The molecule has 0 radical (unpaired) electrons. The van der Waals surface area contributed by atoms with Crippen molar-refractivity contribution in [1.29, 1.82) is 0 Å². The molecule has 1 aliphatic heterocycles. The number of hydrogen-bond acceptors (Lipinski definition) is 2. The number of carbonyl (C=O) groups excluding carboxylic acids is 1. The van der Waals surface area contributed by atoms with Crippen LogP contribution >= 0.6 is 0 Å². The normalized spacial score (nSPS) is 31.3. The van der Waals surface area contributed by atoms with E-state index in [2.05, 4.69) is 6.92 Å². The zero-order chi connectivity index (χ0) is 8.43. The van der Waals surface area contributed by atoms with Crippen LogP contribution in [0.3, 0.4) is 0 Å². The minimum atomic E-state index is -0.116. The molecule has 1 fully saturated rings. The Morgan fingerprint density at radius 1 is 1.55 bits per heavy atom. The Bertz CT molecular complexity index is 152. The van der Waals surface area contributed by atoms with E-state index in [4.69, 9.17) is 4.74 Å². The molecule has 0 aromatic heterocycles. The molecule has 2 nitrogen and oxygen atoms in total. The zero-order valence-corrected chi connectivity index (χ0v) is 7.46. The zero-order valence-electron chi connectivity index (χ0n) is 7.46. The SMILES string of the molecule is CC(C)C(=O)C1OCCC1C. The third-order valence-corrected chi connectivity index (χ3v) is 2.24. The molecular formula is C9H16O2. The lowest BCUT2D eigenvalue weighted by Crippen LogP contribution is -2.28. The number of hydrogen-bond donors (Lipinski definition) is 0. The number of Topliss-reactive ketones (excluding diaryl/α,β-unsaturated/α-hetero) is 1. The number of ketones is 1. The fraction of sp³-hybridized carbons (Fsp3) is 0.889. The Labute approximate surface area is 67.9 Å². The maximum absolute atomic E-state index is 11.4. The van der Waals surface area contributed by atoms with E-state index in [-0.39, 0.29) is 17.8 Å². The minimum Gasteiger partial charge on any atom is -0.370 e. The van der Waals surface area contributed by atoms with Crippen LogP contribution in [-0.2, 0) is 9.53 Å². The van der Waals surface area contributed by atoms with Gasteiger partial charge in [-0.25, -0.2) is 0 Å². The van der Waals surface area contributed by atoms with Gasteiger partial charge in [-0.15, -0.1) is 0 Å². The van der Waals surface area contributed by atoms with Gasteiger partial charge in [0.15, 0.2) is 5.78 Å². The summed E-state index contributed by atoms with van der Waals surface area (Å²) >= 11 is 0. The fourth-order valence-corrected chi connectivity index (χ4v) is 1.39. The number of ether oxygens (including phenoxy) is 1. The van der Waals surface area contributed by atoms with Crippen molar-refractivity contribution in [3.05, 3.63) is 0 Å². The van der Waals surface area contributed by atoms with E-state index in [0.29, 0.717) is 5.92 Å². The highest BCUT2D eigenvalue weighted by atomic mass is 16.5. The highest BCUT2D eigenvalue weighted by molar-refractivity contribution is 5.85. The Hall–Kier alpha value is -0.370.